The van der Waals surface area contributed by atoms with Crippen LogP contribution in [0.2, 0.25) is 0 Å². The number of anilines is 1. The molecule has 2 aromatic carbocycles. The highest BCUT2D eigenvalue weighted by molar-refractivity contribution is 7.99. The Morgan fingerprint density at radius 2 is 1.82 bits per heavy atom. The van der Waals surface area contributed by atoms with Crippen LogP contribution in [0.3, 0.4) is 0 Å². The Morgan fingerprint density at radius 3 is 2.54 bits per heavy atom. The lowest BCUT2D eigenvalue weighted by Gasteiger charge is -2.10. The second-order valence-electron chi connectivity index (χ2n) is 5.43. The standard InChI is InChI=1S/C20H20N2O5S/c1-25-15-6-8-16(9-7-15)26-12-10-20(24)27-14-19(23)22-17-4-2-3-5-18(17)28-13-11-21/h2-9H,10,12-14H2,1H3,(H,22,23). The number of thioether (sulfide) groups is 1. The van der Waals surface area contributed by atoms with Crippen LogP contribution in [0, 0.1) is 11.3 Å². The molecule has 0 aliphatic rings. The van der Waals surface area contributed by atoms with Gasteiger partial charge in [-0.2, -0.15) is 5.26 Å². The predicted molar refractivity (Wildman–Crippen MR) is 105 cm³/mol. The minimum atomic E-state index is -0.532. The normalized spacial score (nSPS) is 9.86. The fourth-order valence-electron chi connectivity index (χ4n) is 2.13. The van der Waals surface area contributed by atoms with Gasteiger partial charge in [0.2, 0.25) is 0 Å². The molecule has 0 atom stereocenters. The summed E-state index contributed by atoms with van der Waals surface area (Å²) in [5.41, 5.74) is 0.576. The minimum Gasteiger partial charge on any atom is -0.497 e. The van der Waals surface area contributed by atoms with Crippen LogP contribution in [-0.4, -0.2) is 38.0 Å². The Kier molecular flexibility index (Phi) is 8.69. The molecule has 2 rings (SSSR count). The van der Waals surface area contributed by atoms with E-state index in [1.807, 2.05) is 12.1 Å². The number of esters is 1. The zero-order chi connectivity index (χ0) is 20.2. The smallest absolute Gasteiger partial charge is 0.309 e. The lowest BCUT2D eigenvalue weighted by Crippen LogP contribution is -2.22. The van der Waals surface area contributed by atoms with Gasteiger partial charge in [0.15, 0.2) is 6.61 Å². The second kappa shape index (κ2) is 11.5. The first-order valence-electron chi connectivity index (χ1n) is 8.43. The fourth-order valence-corrected chi connectivity index (χ4v) is 2.80. The number of carbonyl (C=O) groups excluding carboxylic acids is 2. The maximum absolute atomic E-state index is 12.0. The number of benzene rings is 2. The number of ether oxygens (including phenoxy) is 3. The van der Waals surface area contributed by atoms with E-state index in [0.717, 1.165) is 4.90 Å². The number of nitrogens with zero attached hydrogens (tertiary/aromatic N) is 1. The molecule has 28 heavy (non-hydrogen) atoms. The van der Waals surface area contributed by atoms with Gasteiger partial charge in [0, 0.05) is 4.90 Å². The van der Waals surface area contributed by atoms with Crippen LogP contribution in [0.5, 0.6) is 11.5 Å². The number of carbonyl (C=O) groups is 2. The van der Waals surface area contributed by atoms with Crippen molar-refractivity contribution >= 4 is 29.3 Å². The molecular formula is C20H20N2O5S. The number of nitrogens with one attached hydrogen (secondary N) is 1. The summed E-state index contributed by atoms with van der Waals surface area (Å²) in [5, 5.41) is 11.4. The van der Waals surface area contributed by atoms with Crippen LogP contribution in [-0.2, 0) is 14.3 Å². The Morgan fingerprint density at radius 1 is 1.11 bits per heavy atom. The molecule has 0 heterocycles. The van der Waals surface area contributed by atoms with Crippen molar-refractivity contribution in [3.05, 3.63) is 48.5 Å². The molecule has 0 spiro atoms. The van der Waals surface area contributed by atoms with Crippen molar-refractivity contribution < 1.29 is 23.8 Å². The zero-order valence-corrected chi connectivity index (χ0v) is 16.2. The number of amides is 1. The molecule has 0 aliphatic heterocycles. The van der Waals surface area contributed by atoms with Crippen LogP contribution >= 0.6 is 11.8 Å². The van der Waals surface area contributed by atoms with E-state index in [2.05, 4.69) is 5.32 Å². The van der Waals surface area contributed by atoms with E-state index in [0.29, 0.717) is 17.2 Å². The molecule has 0 fully saturated rings. The lowest BCUT2D eigenvalue weighted by molar-refractivity contribution is -0.147. The monoisotopic (exact) mass is 400 g/mol. The molecule has 0 saturated heterocycles. The summed E-state index contributed by atoms with van der Waals surface area (Å²) in [7, 11) is 1.58. The number of methoxy groups -OCH3 is 1. The maximum atomic E-state index is 12.0. The van der Waals surface area contributed by atoms with Gasteiger partial charge in [-0.25, -0.2) is 0 Å². The summed E-state index contributed by atoms with van der Waals surface area (Å²) in [6, 6.07) is 16.1. The number of hydrogen-bond acceptors (Lipinski definition) is 7. The van der Waals surface area contributed by atoms with Crippen molar-refractivity contribution in [2.75, 3.05) is 31.4 Å². The Labute approximate surface area is 167 Å². The zero-order valence-electron chi connectivity index (χ0n) is 15.3. The third-order valence-corrected chi connectivity index (χ3v) is 4.39. The van der Waals surface area contributed by atoms with Crippen LogP contribution in [0.1, 0.15) is 6.42 Å². The molecular weight excluding hydrogens is 380 g/mol. The average molecular weight is 400 g/mol. The van der Waals surface area contributed by atoms with Crippen molar-refractivity contribution in [2.45, 2.75) is 11.3 Å². The van der Waals surface area contributed by atoms with Gasteiger partial charge in [-0.15, -0.1) is 11.8 Å². The van der Waals surface area contributed by atoms with Gasteiger partial charge in [0.05, 0.1) is 37.6 Å². The third-order valence-electron chi connectivity index (χ3n) is 3.45. The third kappa shape index (κ3) is 7.21. The number of rotatable bonds is 10. The van der Waals surface area contributed by atoms with Gasteiger partial charge >= 0.3 is 5.97 Å². The quantitative estimate of drug-likeness (QED) is 0.483. The van der Waals surface area contributed by atoms with Crippen molar-refractivity contribution in [3.8, 4) is 17.6 Å². The van der Waals surface area contributed by atoms with E-state index >= 15 is 0 Å². The van der Waals surface area contributed by atoms with Gasteiger partial charge in [-0.1, -0.05) is 12.1 Å². The summed E-state index contributed by atoms with van der Waals surface area (Å²) in [5.74, 6) is 0.615. The highest BCUT2D eigenvalue weighted by atomic mass is 32.2. The molecule has 7 nitrogen and oxygen atoms in total. The molecule has 0 aliphatic carbocycles. The second-order valence-corrected chi connectivity index (χ2v) is 6.44. The maximum Gasteiger partial charge on any atom is 0.309 e. The van der Waals surface area contributed by atoms with Gasteiger partial charge in [0.25, 0.3) is 5.91 Å². The van der Waals surface area contributed by atoms with Crippen LogP contribution in [0.15, 0.2) is 53.4 Å². The van der Waals surface area contributed by atoms with Crippen LogP contribution < -0.4 is 14.8 Å². The highest BCUT2D eigenvalue weighted by Crippen LogP contribution is 2.26. The Bertz CT molecular complexity index is 833. The molecule has 0 bridgehead atoms. The number of nitriles is 1. The van der Waals surface area contributed by atoms with Gasteiger partial charge in [0.1, 0.15) is 11.5 Å². The van der Waals surface area contributed by atoms with Gasteiger partial charge < -0.3 is 19.5 Å². The number of hydrogen-bond donors (Lipinski definition) is 1. The Hall–Kier alpha value is -3.18. The van der Waals surface area contributed by atoms with E-state index < -0.39 is 18.5 Å². The van der Waals surface area contributed by atoms with Crippen molar-refractivity contribution in [2.24, 2.45) is 0 Å². The predicted octanol–water partition coefficient (Wildman–Crippen LogP) is 3.26. The van der Waals surface area contributed by atoms with E-state index in [9.17, 15) is 9.59 Å². The first kappa shape index (κ1) is 21.1. The van der Waals surface area contributed by atoms with Gasteiger partial charge in [-0.05, 0) is 36.4 Å². The number of para-hydroxylation sites is 1. The van der Waals surface area contributed by atoms with E-state index in [1.165, 1.54) is 11.8 Å². The lowest BCUT2D eigenvalue weighted by atomic mass is 10.3. The summed E-state index contributed by atoms with van der Waals surface area (Å²) in [6.45, 7) is -0.251. The summed E-state index contributed by atoms with van der Waals surface area (Å²) in [4.78, 5) is 24.5. The van der Waals surface area contributed by atoms with Gasteiger partial charge in [-0.3, -0.25) is 9.59 Å². The molecule has 0 unspecified atom stereocenters. The average Bonchev–Trinajstić information content (AvgIpc) is 2.72. The minimum absolute atomic E-state index is 0.0217. The molecule has 2 aromatic rings. The molecule has 0 saturated carbocycles. The SMILES string of the molecule is COc1ccc(OCCC(=O)OCC(=O)Nc2ccccc2SCC#N)cc1. The van der Waals surface area contributed by atoms with Crippen LogP contribution in [0.4, 0.5) is 5.69 Å². The van der Waals surface area contributed by atoms with Crippen molar-refractivity contribution in [3.63, 3.8) is 0 Å². The topological polar surface area (TPSA) is 97.7 Å². The van der Waals surface area contributed by atoms with E-state index in [1.54, 1.807) is 49.6 Å². The largest absolute Gasteiger partial charge is 0.497 e. The molecule has 1 amide bonds. The summed E-state index contributed by atoms with van der Waals surface area (Å²) < 4.78 is 15.5. The molecule has 8 heteroatoms. The van der Waals surface area contributed by atoms with Crippen molar-refractivity contribution in [1.82, 2.24) is 0 Å². The van der Waals surface area contributed by atoms with Crippen molar-refractivity contribution in [1.29, 1.82) is 5.26 Å². The van der Waals surface area contributed by atoms with Crippen LogP contribution in [0.25, 0.3) is 0 Å². The molecule has 0 radical (unpaired) electrons. The van der Waals surface area contributed by atoms with E-state index in [4.69, 9.17) is 19.5 Å². The Balaban J connectivity index is 1.70. The summed E-state index contributed by atoms with van der Waals surface area (Å²) >= 11 is 1.32. The molecule has 146 valence electrons. The first-order chi connectivity index (χ1) is 13.6. The molecule has 1 N–H and O–H groups in total. The fraction of sp³-hybridized carbons (Fsp3) is 0.250. The first-order valence-corrected chi connectivity index (χ1v) is 9.42. The summed E-state index contributed by atoms with van der Waals surface area (Å²) in [6.07, 6.45) is 0.0217. The molecule has 0 aromatic heterocycles. The van der Waals surface area contributed by atoms with E-state index in [-0.39, 0.29) is 18.8 Å². The highest BCUT2D eigenvalue weighted by Gasteiger charge is 2.10.